The highest BCUT2D eigenvalue weighted by atomic mass is 35.5. The number of pyridine rings is 1. The summed E-state index contributed by atoms with van der Waals surface area (Å²) in [4.78, 5) is 4.13. The first-order valence-electron chi connectivity index (χ1n) is 6.08. The fraction of sp³-hybridized carbons (Fsp3) is 0.214. The smallest absolute Gasteiger partial charge is 0.219 e. The molecule has 106 valence electrons. The fourth-order valence-corrected chi connectivity index (χ4v) is 2.20. The van der Waals surface area contributed by atoms with Crippen LogP contribution in [-0.4, -0.2) is 11.5 Å². The number of rotatable bonds is 5. The summed E-state index contributed by atoms with van der Waals surface area (Å²) in [6.07, 6.45) is 1.56. The lowest BCUT2D eigenvalue weighted by Gasteiger charge is -2.10. The maximum atomic E-state index is 6.09. The molecule has 1 heterocycles. The Balaban J connectivity index is 2.20. The van der Waals surface area contributed by atoms with Crippen molar-refractivity contribution in [2.75, 3.05) is 6.54 Å². The molecule has 2 aromatic rings. The lowest BCUT2D eigenvalue weighted by atomic mass is 10.2. The molecule has 0 spiro atoms. The van der Waals surface area contributed by atoms with Gasteiger partial charge in [-0.1, -0.05) is 41.7 Å². The van der Waals surface area contributed by atoms with Crippen molar-refractivity contribution in [3.63, 3.8) is 0 Å². The summed E-state index contributed by atoms with van der Waals surface area (Å²) >= 11 is 18.0. The molecule has 2 rings (SSSR count). The van der Waals surface area contributed by atoms with Crippen molar-refractivity contribution in [2.45, 2.75) is 13.5 Å². The predicted octanol–water partition coefficient (Wildman–Crippen LogP) is 4.94. The first-order valence-corrected chi connectivity index (χ1v) is 7.21. The number of ether oxygens (including phenoxy) is 1. The van der Waals surface area contributed by atoms with Crippen LogP contribution in [0.5, 0.6) is 11.6 Å². The van der Waals surface area contributed by atoms with Gasteiger partial charge in [0.2, 0.25) is 5.88 Å². The van der Waals surface area contributed by atoms with E-state index in [2.05, 4.69) is 10.3 Å². The second-order valence-electron chi connectivity index (χ2n) is 4.07. The van der Waals surface area contributed by atoms with E-state index in [-0.39, 0.29) is 0 Å². The quantitative estimate of drug-likeness (QED) is 0.842. The number of hydrogen-bond donors (Lipinski definition) is 1. The summed E-state index contributed by atoms with van der Waals surface area (Å²) in [5, 5.41) is 4.79. The molecule has 0 saturated carbocycles. The lowest BCUT2D eigenvalue weighted by Crippen LogP contribution is -2.12. The molecule has 1 aromatic heterocycles. The average Bonchev–Trinajstić information content (AvgIpc) is 2.42. The number of nitrogens with zero attached hydrogens (tertiary/aromatic N) is 1. The third kappa shape index (κ3) is 4.00. The Bertz CT molecular complexity index is 605. The molecule has 0 bridgehead atoms. The van der Waals surface area contributed by atoms with Crippen LogP contribution in [0, 0.1) is 0 Å². The first kappa shape index (κ1) is 15.4. The number of nitrogens with one attached hydrogen (secondary N) is 1. The molecule has 0 amide bonds. The molecule has 0 radical (unpaired) electrons. The van der Waals surface area contributed by atoms with E-state index in [4.69, 9.17) is 39.5 Å². The topological polar surface area (TPSA) is 34.1 Å². The maximum Gasteiger partial charge on any atom is 0.219 e. The normalized spacial score (nSPS) is 10.6. The zero-order valence-corrected chi connectivity index (χ0v) is 13.1. The highest BCUT2D eigenvalue weighted by Gasteiger charge is 2.08. The number of aromatic nitrogens is 1. The van der Waals surface area contributed by atoms with Crippen LogP contribution in [0.3, 0.4) is 0 Å². The van der Waals surface area contributed by atoms with Crippen LogP contribution in [0.4, 0.5) is 0 Å². The van der Waals surface area contributed by atoms with Gasteiger partial charge in [-0.2, -0.15) is 0 Å². The van der Waals surface area contributed by atoms with Crippen molar-refractivity contribution in [1.29, 1.82) is 0 Å². The van der Waals surface area contributed by atoms with E-state index in [1.165, 1.54) is 0 Å². The maximum absolute atomic E-state index is 6.09. The molecule has 1 N–H and O–H groups in total. The molecular formula is C14H13Cl3N2O. The zero-order chi connectivity index (χ0) is 14.5. The Hall–Kier alpha value is -1.000. The molecule has 20 heavy (non-hydrogen) atoms. The van der Waals surface area contributed by atoms with Gasteiger partial charge in [-0.15, -0.1) is 0 Å². The van der Waals surface area contributed by atoms with Crippen LogP contribution < -0.4 is 10.1 Å². The van der Waals surface area contributed by atoms with Crippen LogP contribution in [0.2, 0.25) is 15.1 Å². The van der Waals surface area contributed by atoms with E-state index in [1.807, 2.05) is 6.92 Å². The molecule has 0 aliphatic heterocycles. The Morgan fingerprint density at radius 2 is 1.95 bits per heavy atom. The van der Waals surface area contributed by atoms with E-state index in [9.17, 15) is 0 Å². The molecule has 0 aliphatic carbocycles. The number of halogens is 3. The van der Waals surface area contributed by atoms with Crippen molar-refractivity contribution in [3.8, 4) is 11.6 Å². The molecule has 0 aliphatic rings. The minimum atomic E-state index is 0.433. The van der Waals surface area contributed by atoms with Crippen LogP contribution in [0.15, 0.2) is 30.5 Å². The average molecular weight is 332 g/mol. The van der Waals surface area contributed by atoms with E-state index in [0.29, 0.717) is 33.2 Å². The summed E-state index contributed by atoms with van der Waals surface area (Å²) in [6.45, 7) is 3.54. The van der Waals surface area contributed by atoms with Crippen LogP contribution >= 0.6 is 34.8 Å². The van der Waals surface area contributed by atoms with Crippen LogP contribution in [0.25, 0.3) is 0 Å². The first-order chi connectivity index (χ1) is 9.60. The fourth-order valence-electron chi connectivity index (χ4n) is 1.58. The Morgan fingerprint density at radius 3 is 2.65 bits per heavy atom. The molecule has 0 unspecified atom stereocenters. The minimum Gasteiger partial charge on any atom is -0.437 e. The highest BCUT2D eigenvalue weighted by Crippen LogP contribution is 2.31. The SMILES string of the molecule is CCNCc1cc(Oc2ccc(Cl)cc2Cl)ncc1Cl. The molecule has 6 heteroatoms. The highest BCUT2D eigenvalue weighted by molar-refractivity contribution is 6.35. The van der Waals surface area contributed by atoms with Gasteiger partial charge < -0.3 is 10.1 Å². The summed E-state index contributed by atoms with van der Waals surface area (Å²) in [6, 6.07) is 6.81. The summed E-state index contributed by atoms with van der Waals surface area (Å²) < 4.78 is 5.65. The third-order valence-corrected chi connectivity index (χ3v) is 3.45. The van der Waals surface area contributed by atoms with Gasteiger partial charge in [0.15, 0.2) is 0 Å². The van der Waals surface area contributed by atoms with Gasteiger partial charge in [0.1, 0.15) is 5.75 Å². The largest absolute Gasteiger partial charge is 0.437 e. The second-order valence-corrected chi connectivity index (χ2v) is 5.32. The van der Waals surface area contributed by atoms with E-state index >= 15 is 0 Å². The summed E-state index contributed by atoms with van der Waals surface area (Å²) in [5.41, 5.74) is 0.920. The summed E-state index contributed by atoms with van der Waals surface area (Å²) in [5.74, 6) is 0.937. The van der Waals surface area contributed by atoms with Gasteiger partial charge >= 0.3 is 0 Å². The van der Waals surface area contributed by atoms with Crippen molar-refractivity contribution >= 4 is 34.8 Å². The van der Waals surface area contributed by atoms with Gasteiger partial charge in [0, 0.05) is 23.8 Å². The zero-order valence-electron chi connectivity index (χ0n) is 10.8. The van der Waals surface area contributed by atoms with E-state index in [0.717, 1.165) is 12.1 Å². The van der Waals surface area contributed by atoms with Crippen LogP contribution in [0.1, 0.15) is 12.5 Å². The van der Waals surface area contributed by atoms with Gasteiger partial charge in [-0.05, 0) is 30.3 Å². The number of hydrogen-bond acceptors (Lipinski definition) is 3. The molecule has 1 aromatic carbocycles. The molecule has 0 saturated heterocycles. The van der Waals surface area contributed by atoms with Gasteiger partial charge in [-0.3, -0.25) is 0 Å². The van der Waals surface area contributed by atoms with Crippen molar-refractivity contribution in [3.05, 3.63) is 51.1 Å². The Morgan fingerprint density at radius 1 is 1.15 bits per heavy atom. The monoisotopic (exact) mass is 330 g/mol. The summed E-state index contributed by atoms with van der Waals surface area (Å²) in [7, 11) is 0. The Kier molecular flexibility index (Phi) is 5.49. The van der Waals surface area contributed by atoms with E-state index < -0.39 is 0 Å². The van der Waals surface area contributed by atoms with E-state index in [1.54, 1.807) is 30.5 Å². The van der Waals surface area contributed by atoms with Gasteiger partial charge in [0.25, 0.3) is 0 Å². The van der Waals surface area contributed by atoms with Crippen molar-refractivity contribution < 1.29 is 4.74 Å². The van der Waals surface area contributed by atoms with Gasteiger partial charge in [-0.25, -0.2) is 4.98 Å². The molecule has 3 nitrogen and oxygen atoms in total. The standard InChI is InChI=1S/C14H13Cl3N2O/c1-2-18-7-9-5-14(19-8-12(9)17)20-13-4-3-10(15)6-11(13)16/h3-6,8,18H,2,7H2,1H3. The lowest BCUT2D eigenvalue weighted by molar-refractivity contribution is 0.462. The third-order valence-electron chi connectivity index (χ3n) is 2.58. The molecule has 0 atom stereocenters. The van der Waals surface area contributed by atoms with Crippen molar-refractivity contribution in [1.82, 2.24) is 10.3 Å². The molecular weight excluding hydrogens is 319 g/mol. The molecule has 0 fully saturated rings. The minimum absolute atomic E-state index is 0.433. The van der Waals surface area contributed by atoms with Crippen molar-refractivity contribution in [2.24, 2.45) is 0 Å². The van der Waals surface area contributed by atoms with Crippen LogP contribution in [-0.2, 0) is 6.54 Å². The van der Waals surface area contributed by atoms with Gasteiger partial charge in [0.05, 0.1) is 10.0 Å². The second kappa shape index (κ2) is 7.14. The Labute approximate surface area is 132 Å². The number of benzene rings is 1. The predicted molar refractivity (Wildman–Crippen MR) is 83.2 cm³/mol.